The molecule has 2 aromatic carbocycles. The maximum absolute atomic E-state index is 12.0. The first-order valence-electron chi connectivity index (χ1n) is 7.30. The number of ketones is 1. The second kappa shape index (κ2) is 6.52. The van der Waals surface area contributed by atoms with Gasteiger partial charge in [0.25, 0.3) is 10.1 Å². The van der Waals surface area contributed by atoms with Crippen LogP contribution in [-0.4, -0.2) is 27.4 Å². The molecule has 2 aromatic rings. The summed E-state index contributed by atoms with van der Waals surface area (Å²) in [6.07, 6.45) is 0.766. The van der Waals surface area contributed by atoms with Crippen molar-refractivity contribution in [2.75, 3.05) is 13.2 Å². The molecule has 0 fully saturated rings. The van der Waals surface area contributed by atoms with E-state index in [-0.39, 0.29) is 17.3 Å². The average molecular weight is 332 g/mol. The van der Waals surface area contributed by atoms with Crippen LogP contribution in [0.15, 0.2) is 53.4 Å². The van der Waals surface area contributed by atoms with Crippen molar-refractivity contribution in [2.45, 2.75) is 17.7 Å². The Kier molecular flexibility index (Phi) is 4.45. The lowest BCUT2D eigenvalue weighted by Gasteiger charge is -2.16. The Morgan fingerprint density at radius 1 is 1.09 bits per heavy atom. The SMILES string of the molecule is O=C1CCOc2ccc(CCOS(=O)(=O)c3ccccc3)cc21. The van der Waals surface area contributed by atoms with Gasteiger partial charge in [0.05, 0.1) is 23.7 Å². The van der Waals surface area contributed by atoms with E-state index >= 15 is 0 Å². The molecule has 0 unspecified atom stereocenters. The minimum absolute atomic E-state index is 0.0189. The number of hydrogen-bond acceptors (Lipinski definition) is 5. The van der Waals surface area contributed by atoms with E-state index in [2.05, 4.69) is 0 Å². The fourth-order valence-electron chi connectivity index (χ4n) is 2.39. The van der Waals surface area contributed by atoms with Gasteiger partial charge in [-0.25, -0.2) is 0 Å². The van der Waals surface area contributed by atoms with Crippen LogP contribution in [0.4, 0.5) is 0 Å². The van der Waals surface area contributed by atoms with Gasteiger partial charge >= 0.3 is 0 Å². The fraction of sp³-hybridized carbons (Fsp3) is 0.235. The van der Waals surface area contributed by atoms with Crippen molar-refractivity contribution >= 4 is 15.9 Å². The van der Waals surface area contributed by atoms with Crippen LogP contribution < -0.4 is 4.74 Å². The summed E-state index contributed by atoms with van der Waals surface area (Å²) in [6, 6.07) is 13.3. The molecule has 1 heterocycles. The van der Waals surface area contributed by atoms with Gasteiger partial charge in [-0.3, -0.25) is 8.98 Å². The molecule has 0 saturated carbocycles. The van der Waals surface area contributed by atoms with E-state index in [1.165, 1.54) is 12.1 Å². The molecule has 0 radical (unpaired) electrons. The second-order valence-corrected chi connectivity index (χ2v) is 6.81. The van der Waals surface area contributed by atoms with Gasteiger partial charge in [0, 0.05) is 6.42 Å². The van der Waals surface area contributed by atoms with Crippen LogP contribution in [0.5, 0.6) is 5.75 Å². The molecule has 0 N–H and O–H groups in total. The highest BCUT2D eigenvalue weighted by Gasteiger charge is 2.19. The maximum Gasteiger partial charge on any atom is 0.296 e. The van der Waals surface area contributed by atoms with Crippen LogP contribution >= 0.6 is 0 Å². The van der Waals surface area contributed by atoms with E-state index in [0.29, 0.717) is 30.8 Å². The molecule has 0 spiro atoms. The Morgan fingerprint density at radius 3 is 2.65 bits per heavy atom. The van der Waals surface area contributed by atoms with Crippen LogP contribution in [-0.2, 0) is 20.7 Å². The molecule has 1 aliphatic rings. The molecule has 0 bridgehead atoms. The highest BCUT2D eigenvalue weighted by Crippen LogP contribution is 2.26. The third kappa shape index (κ3) is 3.60. The van der Waals surface area contributed by atoms with Crippen molar-refractivity contribution in [2.24, 2.45) is 0 Å². The number of carbonyl (C=O) groups is 1. The molecule has 1 aliphatic heterocycles. The van der Waals surface area contributed by atoms with Gasteiger partial charge in [-0.2, -0.15) is 8.42 Å². The van der Waals surface area contributed by atoms with Crippen molar-refractivity contribution < 1.29 is 22.1 Å². The monoisotopic (exact) mass is 332 g/mol. The molecule has 23 heavy (non-hydrogen) atoms. The molecule has 0 aromatic heterocycles. The largest absolute Gasteiger partial charge is 0.492 e. The zero-order valence-corrected chi connectivity index (χ0v) is 13.2. The number of carbonyl (C=O) groups excluding carboxylic acids is 1. The Hall–Kier alpha value is -2.18. The second-order valence-electron chi connectivity index (χ2n) is 5.19. The van der Waals surface area contributed by atoms with Crippen LogP contribution in [0.3, 0.4) is 0 Å². The minimum Gasteiger partial charge on any atom is -0.492 e. The molecular formula is C17H16O5S. The van der Waals surface area contributed by atoms with Crippen LogP contribution in [0.2, 0.25) is 0 Å². The van der Waals surface area contributed by atoms with Gasteiger partial charge in [0.15, 0.2) is 5.78 Å². The van der Waals surface area contributed by atoms with Crippen molar-refractivity contribution in [3.63, 3.8) is 0 Å². The van der Waals surface area contributed by atoms with Gasteiger partial charge in [0.1, 0.15) is 5.75 Å². The van der Waals surface area contributed by atoms with E-state index in [9.17, 15) is 13.2 Å². The molecule has 0 atom stereocenters. The fourth-order valence-corrected chi connectivity index (χ4v) is 3.32. The first-order valence-corrected chi connectivity index (χ1v) is 8.70. The molecular weight excluding hydrogens is 316 g/mol. The number of benzene rings is 2. The zero-order chi connectivity index (χ0) is 16.3. The van der Waals surface area contributed by atoms with Gasteiger partial charge in [-0.1, -0.05) is 24.3 Å². The average Bonchev–Trinajstić information content (AvgIpc) is 2.56. The van der Waals surface area contributed by atoms with Crippen LogP contribution in [0, 0.1) is 0 Å². The summed E-state index contributed by atoms with van der Waals surface area (Å²) in [5, 5.41) is 0. The first kappa shape index (κ1) is 15.7. The van der Waals surface area contributed by atoms with E-state index in [1.54, 1.807) is 30.3 Å². The number of hydrogen-bond donors (Lipinski definition) is 0. The summed E-state index contributed by atoms with van der Waals surface area (Å²) >= 11 is 0. The Labute approximate surface area is 135 Å². The minimum atomic E-state index is -3.75. The predicted octanol–water partition coefficient (Wildman–Crippen LogP) is 2.60. The smallest absolute Gasteiger partial charge is 0.296 e. The summed E-state index contributed by atoms with van der Waals surface area (Å²) in [6.45, 7) is 0.425. The third-order valence-corrected chi connectivity index (χ3v) is 4.92. The topological polar surface area (TPSA) is 69.7 Å². The highest BCUT2D eigenvalue weighted by atomic mass is 32.2. The third-order valence-electron chi connectivity index (χ3n) is 3.59. The Balaban J connectivity index is 1.65. The summed E-state index contributed by atoms with van der Waals surface area (Å²) in [5.74, 6) is 0.633. The van der Waals surface area contributed by atoms with Gasteiger partial charge in [-0.15, -0.1) is 0 Å². The first-order chi connectivity index (χ1) is 11.1. The molecule has 6 heteroatoms. The molecule has 120 valence electrons. The van der Waals surface area contributed by atoms with Crippen molar-refractivity contribution in [3.05, 3.63) is 59.7 Å². The van der Waals surface area contributed by atoms with Crippen LogP contribution in [0.25, 0.3) is 0 Å². The number of ether oxygens (including phenoxy) is 1. The van der Waals surface area contributed by atoms with Crippen molar-refractivity contribution in [3.8, 4) is 5.75 Å². The summed E-state index contributed by atoms with van der Waals surface area (Å²) < 4.78 is 34.5. The van der Waals surface area contributed by atoms with Crippen molar-refractivity contribution in [1.82, 2.24) is 0 Å². The van der Waals surface area contributed by atoms with Gasteiger partial charge in [0.2, 0.25) is 0 Å². The van der Waals surface area contributed by atoms with Crippen LogP contribution in [0.1, 0.15) is 22.3 Å². The van der Waals surface area contributed by atoms with E-state index in [1.807, 2.05) is 6.07 Å². The van der Waals surface area contributed by atoms with E-state index in [0.717, 1.165) is 5.56 Å². The lowest BCUT2D eigenvalue weighted by Crippen LogP contribution is -2.15. The molecule has 0 saturated heterocycles. The van der Waals surface area contributed by atoms with Gasteiger partial charge in [-0.05, 0) is 36.2 Å². The Morgan fingerprint density at radius 2 is 1.87 bits per heavy atom. The molecule has 3 rings (SSSR count). The van der Waals surface area contributed by atoms with E-state index in [4.69, 9.17) is 8.92 Å². The predicted molar refractivity (Wildman–Crippen MR) is 84.2 cm³/mol. The molecule has 5 nitrogen and oxygen atoms in total. The van der Waals surface area contributed by atoms with E-state index < -0.39 is 10.1 Å². The quantitative estimate of drug-likeness (QED) is 0.787. The summed E-state index contributed by atoms with van der Waals surface area (Å²) in [5.41, 5.74) is 1.39. The number of Topliss-reactive ketones (excluding diaryl/α,β-unsaturated/α-hetero) is 1. The van der Waals surface area contributed by atoms with Gasteiger partial charge < -0.3 is 4.74 Å². The normalized spacial score (nSPS) is 14.2. The zero-order valence-electron chi connectivity index (χ0n) is 12.4. The number of rotatable bonds is 5. The lowest BCUT2D eigenvalue weighted by molar-refractivity contribution is 0.0933. The molecule has 0 amide bonds. The molecule has 0 aliphatic carbocycles. The highest BCUT2D eigenvalue weighted by molar-refractivity contribution is 7.86. The lowest BCUT2D eigenvalue weighted by atomic mass is 10.0. The standard InChI is InChI=1S/C17H16O5S/c18-16-9-10-21-17-7-6-13(12-15(16)17)8-11-22-23(19,20)14-4-2-1-3-5-14/h1-7,12H,8-11H2. The van der Waals surface area contributed by atoms with Crippen molar-refractivity contribution in [1.29, 1.82) is 0 Å². The Bertz CT molecular complexity index is 812. The maximum atomic E-state index is 12.0. The number of fused-ring (bicyclic) bond motifs is 1. The summed E-state index contributed by atoms with van der Waals surface area (Å²) in [4.78, 5) is 12.0. The summed E-state index contributed by atoms with van der Waals surface area (Å²) in [7, 11) is -3.75.